The zero-order chi connectivity index (χ0) is 12.2. The van der Waals surface area contributed by atoms with E-state index in [1.54, 1.807) is 0 Å². The Morgan fingerprint density at radius 2 is 1.88 bits per heavy atom. The van der Waals surface area contributed by atoms with E-state index in [0.29, 0.717) is 0 Å². The average molecular weight is 240 g/mol. The van der Waals surface area contributed by atoms with Gasteiger partial charge in [0.25, 0.3) is 0 Å². The molecule has 0 saturated carbocycles. The van der Waals surface area contributed by atoms with E-state index >= 15 is 0 Å². The molecule has 0 atom stereocenters. The van der Waals surface area contributed by atoms with Crippen molar-refractivity contribution >= 4 is 11.6 Å². The third-order valence-electron chi connectivity index (χ3n) is 3.52. The predicted octanol–water partition coefficient (Wildman–Crippen LogP) is 4.32. The minimum Gasteiger partial charge on any atom is -0.307 e. The fourth-order valence-electron chi connectivity index (χ4n) is 1.56. The van der Waals surface area contributed by atoms with Crippen molar-refractivity contribution in [3.63, 3.8) is 0 Å². The monoisotopic (exact) mass is 239 g/mol. The van der Waals surface area contributed by atoms with Crippen LogP contribution in [0.15, 0.2) is 18.2 Å². The van der Waals surface area contributed by atoms with Crippen LogP contribution in [0.4, 0.5) is 0 Å². The summed E-state index contributed by atoms with van der Waals surface area (Å²) in [7, 11) is 0. The molecule has 0 fully saturated rings. The Balaban J connectivity index is 2.64. The Morgan fingerprint density at radius 3 is 2.38 bits per heavy atom. The quantitative estimate of drug-likeness (QED) is 0.807. The molecule has 1 rings (SSSR count). The van der Waals surface area contributed by atoms with Crippen LogP contribution in [-0.2, 0) is 6.54 Å². The van der Waals surface area contributed by atoms with E-state index in [1.165, 1.54) is 5.56 Å². The zero-order valence-electron chi connectivity index (χ0n) is 10.7. The highest BCUT2D eigenvalue weighted by molar-refractivity contribution is 6.31. The standard InChI is InChI=1S/C14H22ClN/c1-5-14(4,6-2)16-10-12-8-7-11(3)13(15)9-12/h7-9,16H,5-6,10H2,1-4H3. The first-order valence-electron chi connectivity index (χ1n) is 6.01. The molecule has 1 nitrogen and oxygen atoms in total. The molecule has 90 valence electrons. The van der Waals surface area contributed by atoms with Gasteiger partial charge >= 0.3 is 0 Å². The van der Waals surface area contributed by atoms with Crippen molar-refractivity contribution in [3.8, 4) is 0 Å². The Morgan fingerprint density at radius 1 is 1.25 bits per heavy atom. The Kier molecular flexibility index (Phi) is 4.82. The van der Waals surface area contributed by atoms with Crippen LogP contribution in [0.5, 0.6) is 0 Å². The summed E-state index contributed by atoms with van der Waals surface area (Å²) in [5.41, 5.74) is 2.63. The maximum absolute atomic E-state index is 6.10. The van der Waals surface area contributed by atoms with Crippen molar-refractivity contribution in [3.05, 3.63) is 34.3 Å². The third kappa shape index (κ3) is 3.50. The van der Waals surface area contributed by atoms with Gasteiger partial charge in [-0.05, 0) is 43.9 Å². The van der Waals surface area contributed by atoms with Gasteiger partial charge in [-0.25, -0.2) is 0 Å². The molecule has 0 radical (unpaired) electrons. The van der Waals surface area contributed by atoms with Gasteiger partial charge in [0, 0.05) is 17.1 Å². The van der Waals surface area contributed by atoms with E-state index in [2.05, 4.69) is 44.3 Å². The SMILES string of the molecule is CCC(C)(CC)NCc1ccc(C)c(Cl)c1. The Bertz CT molecular complexity index is 343. The van der Waals surface area contributed by atoms with Crippen LogP contribution >= 0.6 is 11.6 Å². The largest absolute Gasteiger partial charge is 0.307 e. The average Bonchev–Trinajstić information content (AvgIpc) is 2.30. The van der Waals surface area contributed by atoms with E-state index < -0.39 is 0 Å². The third-order valence-corrected chi connectivity index (χ3v) is 3.92. The van der Waals surface area contributed by atoms with Crippen LogP contribution < -0.4 is 5.32 Å². The number of aryl methyl sites for hydroxylation is 1. The molecular formula is C14H22ClN. The second kappa shape index (κ2) is 5.70. The Hall–Kier alpha value is -0.530. The number of halogens is 1. The van der Waals surface area contributed by atoms with Gasteiger partial charge in [-0.15, -0.1) is 0 Å². The van der Waals surface area contributed by atoms with E-state index in [1.807, 2.05) is 6.92 Å². The zero-order valence-corrected chi connectivity index (χ0v) is 11.5. The molecule has 16 heavy (non-hydrogen) atoms. The fourth-order valence-corrected chi connectivity index (χ4v) is 1.76. The second-order valence-corrected chi connectivity index (χ2v) is 5.11. The van der Waals surface area contributed by atoms with Gasteiger partial charge < -0.3 is 5.32 Å². The molecule has 1 aromatic carbocycles. The summed E-state index contributed by atoms with van der Waals surface area (Å²) >= 11 is 6.10. The van der Waals surface area contributed by atoms with Crippen molar-refractivity contribution in [1.29, 1.82) is 0 Å². The molecule has 0 saturated heterocycles. The molecule has 1 aromatic rings. The molecule has 0 amide bonds. The van der Waals surface area contributed by atoms with Crippen molar-refractivity contribution < 1.29 is 0 Å². The second-order valence-electron chi connectivity index (χ2n) is 4.70. The topological polar surface area (TPSA) is 12.0 Å². The van der Waals surface area contributed by atoms with E-state index in [9.17, 15) is 0 Å². The highest BCUT2D eigenvalue weighted by Crippen LogP contribution is 2.18. The van der Waals surface area contributed by atoms with Crippen molar-refractivity contribution in [2.24, 2.45) is 0 Å². The van der Waals surface area contributed by atoms with Crippen LogP contribution in [0.25, 0.3) is 0 Å². The van der Waals surface area contributed by atoms with Gasteiger partial charge in [0.15, 0.2) is 0 Å². The molecule has 0 aromatic heterocycles. The van der Waals surface area contributed by atoms with Crippen molar-refractivity contribution in [1.82, 2.24) is 5.32 Å². The summed E-state index contributed by atoms with van der Waals surface area (Å²) in [5.74, 6) is 0. The molecule has 0 bridgehead atoms. The number of nitrogens with one attached hydrogen (secondary N) is 1. The lowest BCUT2D eigenvalue weighted by molar-refractivity contribution is 0.329. The molecule has 0 spiro atoms. The summed E-state index contributed by atoms with van der Waals surface area (Å²) in [4.78, 5) is 0. The first kappa shape index (κ1) is 13.5. The highest BCUT2D eigenvalue weighted by Gasteiger charge is 2.17. The van der Waals surface area contributed by atoms with Gasteiger partial charge in [0.2, 0.25) is 0 Å². The lowest BCUT2D eigenvalue weighted by atomic mass is 9.95. The molecule has 0 aliphatic rings. The maximum Gasteiger partial charge on any atom is 0.0438 e. The van der Waals surface area contributed by atoms with Gasteiger partial charge in [-0.3, -0.25) is 0 Å². The smallest absolute Gasteiger partial charge is 0.0438 e. The molecule has 0 aliphatic carbocycles. The van der Waals surface area contributed by atoms with Crippen LogP contribution in [-0.4, -0.2) is 5.54 Å². The van der Waals surface area contributed by atoms with Gasteiger partial charge in [0.1, 0.15) is 0 Å². The number of benzene rings is 1. The predicted molar refractivity (Wildman–Crippen MR) is 72.0 cm³/mol. The molecule has 1 N–H and O–H groups in total. The van der Waals surface area contributed by atoms with E-state index in [0.717, 1.165) is 30.0 Å². The minimum atomic E-state index is 0.233. The summed E-state index contributed by atoms with van der Waals surface area (Å²) in [6.07, 6.45) is 2.28. The summed E-state index contributed by atoms with van der Waals surface area (Å²) in [5, 5.41) is 4.46. The van der Waals surface area contributed by atoms with Crippen molar-refractivity contribution in [2.75, 3.05) is 0 Å². The Labute approximate surface area is 104 Å². The highest BCUT2D eigenvalue weighted by atomic mass is 35.5. The number of rotatable bonds is 5. The van der Waals surface area contributed by atoms with Crippen LogP contribution in [0, 0.1) is 6.92 Å². The molecule has 0 unspecified atom stereocenters. The van der Waals surface area contributed by atoms with Crippen LogP contribution in [0.1, 0.15) is 44.7 Å². The normalized spacial score (nSPS) is 11.8. The first-order chi connectivity index (χ1) is 7.50. The van der Waals surface area contributed by atoms with Crippen molar-refractivity contribution in [2.45, 2.75) is 52.6 Å². The molecular weight excluding hydrogens is 218 g/mol. The lowest BCUT2D eigenvalue weighted by Gasteiger charge is -2.28. The van der Waals surface area contributed by atoms with Gasteiger partial charge in [-0.1, -0.05) is 37.6 Å². The summed E-state index contributed by atoms with van der Waals surface area (Å²) < 4.78 is 0. The number of hydrogen-bond acceptors (Lipinski definition) is 1. The van der Waals surface area contributed by atoms with E-state index in [4.69, 9.17) is 11.6 Å². The number of hydrogen-bond donors (Lipinski definition) is 1. The van der Waals surface area contributed by atoms with Crippen LogP contribution in [0.3, 0.4) is 0 Å². The van der Waals surface area contributed by atoms with E-state index in [-0.39, 0.29) is 5.54 Å². The minimum absolute atomic E-state index is 0.233. The molecule has 0 aliphatic heterocycles. The first-order valence-corrected chi connectivity index (χ1v) is 6.38. The van der Waals surface area contributed by atoms with Gasteiger partial charge in [-0.2, -0.15) is 0 Å². The maximum atomic E-state index is 6.10. The van der Waals surface area contributed by atoms with Crippen LogP contribution in [0.2, 0.25) is 5.02 Å². The lowest BCUT2D eigenvalue weighted by Crippen LogP contribution is -2.40. The summed E-state index contributed by atoms with van der Waals surface area (Å²) in [6, 6.07) is 6.27. The summed E-state index contributed by atoms with van der Waals surface area (Å²) in [6.45, 7) is 9.62. The van der Waals surface area contributed by atoms with Gasteiger partial charge in [0.05, 0.1) is 0 Å². The molecule has 0 heterocycles. The molecule has 2 heteroatoms. The fraction of sp³-hybridized carbons (Fsp3) is 0.571.